The molecule has 0 bridgehead atoms. The van der Waals surface area contributed by atoms with Gasteiger partial charge in [0, 0.05) is 70.4 Å². The fourth-order valence-corrected chi connectivity index (χ4v) is 5.75. The summed E-state index contributed by atoms with van der Waals surface area (Å²) in [5.74, 6) is 1.62. The molecule has 0 radical (unpaired) electrons. The summed E-state index contributed by atoms with van der Waals surface area (Å²) in [7, 11) is 2.13. The van der Waals surface area contributed by atoms with Crippen LogP contribution in [0.15, 0.2) is 24.3 Å². The summed E-state index contributed by atoms with van der Waals surface area (Å²) in [6.07, 6.45) is 2.75. The number of ether oxygens (including phenoxy) is 1. The van der Waals surface area contributed by atoms with Crippen molar-refractivity contribution in [2.75, 3.05) is 63.5 Å². The molecular formula is C30H43N7O3. The van der Waals surface area contributed by atoms with Crippen LogP contribution >= 0.6 is 0 Å². The fraction of sp³-hybridized carbons (Fsp3) is 0.600. The van der Waals surface area contributed by atoms with Crippen molar-refractivity contribution in [3.8, 4) is 11.3 Å². The van der Waals surface area contributed by atoms with Gasteiger partial charge >= 0.3 is 6.09 Å². The van der Waals surface area contributed by atoms with Gasteiger partial charge in [0.1, 0.15) is 11.4 Å². The zero-order valence-electron chi connectivity index (χ0n) is 24.4. The molecule has 2 N–H and O–H groups in total. The van der Waals surface area contributed by atoms with Crippen LogP contribution in [-0.2, 0) is 22.5 Å². The first-order chi connectivity index (χ1) is 19.0. The number of rotatable bonds is 4. The maximum atomic E-state index is 13.3. The number of fused-ring (bicyclic) bond motifs is 1. The number of likely N-dealkylation sites (tertiary alicyclic amines) is 1. The van der Waals surface area contributed by atoms with Gasteiger partial charge in [0.15, 0.2) is 0 Å². The van der Waals surface area contributed by atoms with E-state index in [0.717, 1.165) is 74.6 Å². The number of hydrogen-bond donors (Lipinski definition) is 1. The topological polar surface area (TPSA) is 108 Å². The van der Waals surface area contributed by atoms with E-state index < -0.39 is 5.60 Å². The van der Waals surface area contributed by atoms with Gasteiger partial charge in [0.05, 0.1) is 5.69 Å². The Hall–Kier alpha value is -3.40. The first kappa shape index (κ1) is 28.1. The molecule has 1 aromatic carbocycles. The summed E-state index contributed by atoms with van der Waals surface area (Å²) in [4.78, 5) is 43.0. The molecule has 10 nitrogen and oxygen atoms in total. The van der Waals surface area contributed by atoms with E-state index in [1.54, 1.807) is 4.90 Å². The van der Waals surface area contributed by atoms with E-state index in [9.17, 15) is 9.59 Å². The SMILES string of the molecule is CN1CCN(c2cc(-c3ccc4c(c3)CN(C(=O)CC3CCN(C(=O)OC(C)(C)C)CC3)CC4)nc(N)n2)CC1. The van der Waals surface area contributed by atoms with Crippen LogP contribution in [0.1, 0.15) is 51.2 Å². The van der Waals surface area contributed by atoms with Crippen molar-refractivity contribution < 1.29 is 14.3 Å². The molecule has 2 amide bonds. The molecule has 216 valence electrons. The maximum Gasteiger partial charge on any atom is 0.410 e. The van der Waals surface area contributed by atoms with Gasteiger partial charge in [-0.15, -0.1) is 0 Å². The number of nitrogen functional groups attached to an aromatic ring is 1. The highest BCUT2D eigenvalue weighted by Crippen LogP contribution is 2.29. The Labute approximate surface area is 237 Å². The van der Waals surface area contributed by atoms with E-state index in [-0.39, 0.29) is 23.9 Å². The summed E-state index contributed by atoms with van der Waals surface area (Å²) < 4.78 is 5.50. The van der Waals surface area contributed by atoms with Gasteiger partial charge in [-0.2, -0.15) is 4.98 Å². The van der Waals surface area contributed by atoms with Crippen LogP contribution in [0.5, 0.6) is 0 Å². The van der Waals surface area contributed by atoms with E-state index in [0.29, 0.717) is 26.1 Å². The zero-order valence-corrected chi connectivity index (χ0v) is 24.4. The molecule has 3 aliphatic heterocycles. The van der Waals surface area contributed by atoms with Gasteiger partial charge in [0.2, 0.25) is 11.9 Å². The number of hydrogen-bond acceptors (Lipinski definition) is 8. The monoisotopic (exact) mass is 549 g/mol. The van der Waals surface area contributed by atoms with Crippen LogP contribution in [0, 0.1) is 5.92 Å². The third-order valence-corrected chi connectivity index (χ3v) is 8.15. The number of aromatic nitrogens is 2. The van der Waals surface area contributed by atoms with Crippen LogP contribution in [0.3, 0.4) is 0 Å². The lowest BCUT2D eigenvalue weighted by Crippen LogP contribution is -2.44. The van der Waals surface area contributed by atoms with Gasteiger partial charge in [-0.25, -0.2) is 9.78 Å². The van der Waals surface area contributed by atoms with Crippen molar-refractivity contribution >= 4 is 23.8 Å². The Morgan fingerprint density at radius 3 is 2.38 bits per heavy atom. The van der Waals surface area contributed by atoms with Crippen LogP contribution in [0.25, 0.3) is 11.3 Å². The third kappa shape index (κ3) is 6.83. The second-order valence-electron chi connectivity index (χ2n) is 12.4. The minimum absolute atomic E-state index is 0.190. The average molecular weight is 550 g/mol. The first-order valence-electron chi connectivity index (χ1n) is 14.5. The second kappa shape index (κ2) is 11.6. The molecular weight excluding hydrogens is 506 g/mol. The number of nitrogens with two attached hydrogens (primary N) is 1. The molecule has 2 saturated heterocycles. The highest BCUT2D eigenvalue weighted by molar-refractivity contribution is 5.77. The summed E-state index contributed by atoms with van der Waals surface area (Å²) in [5.41, 5.74) is 9.87. The molecule has 5 rings (SSSR count). The molecule has 2 fully saturated rings. The molecule has 1 aromatic heterocycles. The van der Waals surface area contributed by atoms with Crippen molar-refractivity contribution in [1.29, 1.82) is 0 Å². The molecule has 10 heteroatoms. The lowest BCUT2D eigenvalue weighted by molar-refractivity contribution is -0.133. The van der Waals surface area contributed by atoms with Gasteiger partial charge in [-0.3, -0.25) is 4.79 Å². The Kier molecular flexibility index (Phi) is 8.16. The largest absolute Gasteiger partial charge is 0.444 e. The number of carbonyl (C=O) groups excluding carboxylic acids is 2. The highest BCUT2D eigenvalue weighted by Gasteiger charge is 2.30. The van der Waals surface area contributed by atoms with E-state index >= 15 is 0 Å². The molecule has 0 aliphatic carbocycles. The predicted octanol–water partition coefficient (Wildman–Crippen LogP) is 3.40. The number of piperidine rings is 1. The smallest absolute Gasteiger partial charge is 0.410 e. The zero-order chi connectivity index (χ0) is 28.4. The van der Waals surface area contributed by atoms with Crippen LogP contribution in [0.2, 0.25) is 0 Å². The Bertz CT molecular complexity index is 1230. The van der Waals surface area contributed by atoms with Crippen LogP contribution < -0.4 is 10.6 Å². The quantitative estimate of drug-likeness (QED) is 0.618. The Balaban J connectivity index is 1.20. The van der Waals surface area contributed by atoms with Crippen molar-refractivity contribution in [3.63, 3.8) is 0 Å². The van der Waals surface area contributed by atoms with Crippen LogP contribution in [0.4, 0.5) is 16.6 Å². The Morgan fingerprint density at radius 2 is 1.68 bits per heavy atom. The molecule has 0 saturated carbocycles. The number of benzene rings is 1. The van der Waals surface area contributed by atoms with Gasteiger partial charge in [-0.05, 0) is 70.2 Å². The summed E-state index contributed by atoms with van der Waals surface area (Å²) in [6.45, 7) is 12.0. The fourth-order valence-electron chi connectivity index (χ4n) is 5.75. The van der Waals surface area contributed by atoms with Crippen molar-refractivity contribution in [3.05, 3.63) is 35.4 Å². The summed E-state index contributed by atoms with van der Waals surface area (Å²) in [6, 6.07) is 8.44. The molecule has 0 atom stereocenters. The average Bonchev–Trinajstić information content (AvgIpc) is 2.92. The lowest BCUT2D eigenvalue weighted by Gasteiger charge is -2.35. The van der Waals surface area contributed by atoms with Gasteiger partial charge < -0.3 is 30.1 Å². The molecule has 4 heterocycles. The van der Waals surface area contributed by atoms with Crippen molar-refractivity contribution in [2.45, 2.75) is 58.6 Å². The Morgan fingerprint density at radius 1 is 0.950 bits per heavy atom. The minimum atomic E-state index is -0.499. The standard InChI is InChI=1S/C30H43N7O3/c1-30(2,3)40-29(39)36-10-7-21(8-11-36)17-27(38)37-12-9-22-5-6-23(18-24(22)20-37)25-19-26(33-28(31)32-25)35-15-13-34(4)14-16-35/h5-6,18-19,21H,7-17,20H2,1-4H3,(H2,31,32,33). The molecule has 40 heavy (non-hydrogen) atoms. The van der Waals surface area contributed by atoms with Gasteiger partial charge in [-0.1, -0.05) is 12.1 Å². The highest BCUT2D eigenvalue weighted by atomic mass is 16.6. The molecule has 0 unspecified atom stereocenters. The number of piperazine rings is 1. The summed E-state index contributed by atoms with van der Waals surface area (Å²) in [5, 5.41) is 0. The summed E-state index contributed by atoms with van der Waals surface area (Å²) >= 11 is 0. The maximum absolute atomic E-state index is 13.3. The van der Waals surface area contributed by atoms with Crippen molar-refractivity contribution in [2.24, 2.45) is 5.92 Å². The van der Waals surface area contributed by atoms with Crippen LogP contribution in [-0.4, -0.2) is 95.1 Å². The van der Waals surface area contributed by atoms with Gasteiger partial charge in [0.25, 0.3) is 0 Å². The number of anilines is 2. The molecule has 3 aliphatic rings. The molecule has 0 spiro atoms. The van der Waals surface area contributed by atoms with Crippen molar-refractivity contribution in [1.82, 2.24) is 24.7 Å². The first-order valence-corrected chi connectivity index (χ1v) is 14.5. The number of nitrogens with zero attached hydrogens (tertiary/aromatic N) is 6. The second-order valence-corrected chi connectivity index (χ2v) is 12.4. The minimum Gasteiger partial charge on any atom is -0.444 e. The lowest BCUT2D eigenvalue weighted by atomic mass is 9.92. The van der Waals surface area contributed by atoms with E-state index in [1.807, 2.05) is 31.7 Å². The number of likely N-dealkylation sites (N-methyl/N-ethyl adjacent to an activating group) is 1. The van der Waals surface area contributed by atoms with E-state index in [2.05, 4.69) is 45.0 Å². The predicted molar refractivity (Wildman–Crippen MR) is 156 cm³/mol. The normalized spacial score (nSPS) is 18.9. The number of amides is 2. The third-order valence-electron chi connectivity index (χ3n) is 8.15. The number of carbonyl (C=O) groups is 2. The molecule has 2 aromatic rings. The van der Waals surface area contributed by atoms with E-state index in [1.165, 1.54) is 5.56 Å². The van der Waals surface area contributed by atoms with E-state index in [4.69, 9.17) is 10.5 Å².